The maximum Gasteiger partial charge on any atom is 0.175 e. The molecule has 1 N–H and O–H groups in total. The molecule has 2 aromatic heterocycles. The van der Waals surface area contributed by atoms with Crippen molar-refractivity contribution in [3.8, 4) is 11.1 Å². The van der Waals surface area contributed by atoms with Crippen LogP contribution in [-0.2, 0) is 7.05 Å². The van der Waals surface area contributed by atoms with Crippen LogP contribution in [0.15, 0.2) is 55.1 Å². The molecule has 140 valence electrons. The smallest absolute Gasteiger partial charge is 0.175 e. The number of pyridine rings is 1. The molecule has 1 fully saturated rings. The molecule has 3 heterocycles. The van der Waals surface area contributed by atoms with Crippen molar-refractivity contribution in [2.24, 2.45) is 7.05 Å². The summed E-state index contributed by atoms with van der Waals surface area (Å²) in [7, 11) is 1.88. The number of aromatic nitrogens is 3. The molecule has 0 saturated carbocycles. The highest BCUT2D eigenvalue weighted by atomic mass is 19.1. The molecule has 0 aliphatic carbocycles. The molecule has 27 heavy (non-hydrogen) atoms. The van der Waals surface area contributed by atoms with Crippen molar-refractivity contribution in [1.29, 1.82) is 0 Å². The molecule has 1 aromatic carbocycles. The van der Waals surface area contributed by atoms with Gasteiger partial charge in [-0.3, -0.25) is 9.58 Å². The number of rotatable bonds is 6. The Morgan fingerprint density at radius 2 is 2.04 bits per heavy atom. The number of alkyl halides is 2. The Balaban J connectivity index is 1.53. The second-order valence-electron chi connectivity index (χ2n) is 7.00. The molecule has 0 radical (unpaired) electrons. The molecule has 7 heteroatoms. The number of nitrogens with one attached hydrogen (secondary N) is 1. The van der Waals surface area contributed by atoms with Crippen LogP contribution in [0.1, 0.15) is 0 Å². The molecule has 0 bridgehead atoms. The first-order chi connectivity index (χ1) is 13.0. The number of benzene rings is 1. The zero-order valence-electron chi connectivity index (χ0n) is 15.1. The fraction of sp³-hybridized carbons (Fsp3) is 0.300. The Labute approximate surface area is 156 Å². The van der Waals surface area contributed by atoms with Gasteiger partial charge in [0.2, 0.25) is 0 Å². The Morgan fingerprint density at radius 3 is 2.74 bits per heavy atom. The van der Waals surface area contributed by atoms with Gasteiger partial charge in [-0.2, -0.15) is 5.10 Å². The lowest BCUT2D eigenvalue weighted by atomic mass is 9.93. The van der Waals surface area contributed by atoms with Crippen molar-refractivity contribution in [1.82, 2.24) is 19.7 Å². The summed E-state index contributed by atoms with van der Waals surface area (Å²) < 4.78 is 28.9. The van der Waals surface area contributed by atoms with Crippen molar-refractivity contribution in [3.63, 3.8) is 0 Å². The molecule has 1 saturated heterocycles. The normalized spacial score (nSPS) is 16.3. The van der Waals surface area contributed by atoms with Crippen LogP contribution in [0.5, 0.6) is 0 Å². The summed E-state index contributed by atoms with van der Waals surface area (Å²) in [5, 5.41) is 9.17. The predicted molar refractivity (Wildman–Crippen MR) is 103 cm³/mol. The van der Waals surface area contributed by atoms with Gasteiger partial charge in [0.1, 0.15) is 12.5 Å². The average Bonchev–Trinajstić information content (AvgIpc) is 3.06. The summed E-state index contributed by atoms with van der Waals surface area (Å²) in [6.45, 7) is 3.92. The number of aryl methyl sites for hydroxylation is 1. The van der Waals surface area contributed by atoms with Gasteiger partial charge in [-0.25, -0.2) is 13.8 Å². The van der Waals surface area contributed by atoms with E-state index in [1.165, 1.54) is 0 Å². The maximum absolute atomic E-state index is 14.8. The SMILES string of the molecule is C=C(Nc1cc2cc(-c3cnn(C)c3)ccc2cn1)C1(F)CN(CCF)C1. The lowest BCUT2D eigenvalue weighted by Crippen LogP contribution is -2.61. The number of halogens is 2. The molecule has 4 rings (SSSR count). The summed E-state index contributed by atoms with van der Waals surface area (Å²) in [6, 6.07) is 7.96. The van der Waals surface area contributed by atoms with Crippen molar-refractivity contribution < 1.29 is 8.78 Å². The average molecular weight is 369 g/mol. The number of likely N-dealkylation sites (tertiary alicyclic amines) is 1. The summed E-state index contributed by atoms with van der Waals surface area (Å²) in [5.74, 6) is 0.539. The monoisotopic (exact) mass is 369 g/mol. The summed E-state index contributed by atoms with van der Waals surface area (Å²) >= 11 is 0. The highest BCUT2D eigenvalue weighted by Gasteiger charge is 2.45. The van der Waals surface area contributed by atoms with Gasteiger partial charge in [0.25, 0.3) is 0 Å². The Kier molecular flexibility index (Phi) is 4.39. The summed E-state index contributed by atoms with van der Waals surface area (Å²) in [5.41, 5.74) is 0.783. The van der Waals surface area contributed by atoms with Gasteiger partial charge in [-0.1, -0.05) is 18.7 Å². The first kappa shape index (κ1) is 17.6. The van der Waals surface area contributed by atoms with Gasteiger partial charge >= 0.3 is 0 Å². The third-order valence-corrected chi connectivity index (χ3v) is 4.93. The van der Waals surface area contributed by atoms with Crippen molar-refractivity contribution in [2.45, 2.75) is 5.67 Å². The zero-order valence-corrected chi connectivity index (χ0v) is 15.1. The van der Waals surface area contributed by atoms with E-state index in [0.29, 0.717) is 5.82 Å². The second kappa shape index (κ2) is 6.74. The third-order valence-electron chi connectivity index (χ3n) is 4.93. The van der Waals surface area contributed by atoms with Crippen molar-refractivity contribution in [2.75, 3.05) is 31.6 Å². The Hall–Kier alpha value is -2.80. The quantitative estimate of drug-likeness (QED) is 0.722. The largest absolute Gasteiger partial charge is 0.341 e. The van der Waals surface area contributed by atoms with E-state index in [4.69, 9.17) is 0 Å². The molecule has 1 aliphatic rings. The van der Waals surface area contributed by atoms with Gasteiger partial charge in [0.05, 0.1) is 6.20 Å². The number of hydrogen-bond acceptors (Lipinski definition) is 4. The molecule has 0 atom stereocenters. The van der Waals surface area contributed by atoms with Crippen LogP contribution in [0.4, 0.5) is 14.6 Å². The molecule has 0 unspecified atom stereocenters. The predicted octanol–water partition coefficient (Wildman–Crippen LogP) is 3.55. The number of nitrogens with zero attached hydrogens (tertiary/aromatic N) is 4. The molecule has 0 spiro atoms. The van der Waals surface area contributed by atoms with E-state index in [0.717, 1.165) is 21.9 Å². The molecule has 3 aromatic rings. The van der Waals surface area contributed by atoms with Crippen LogP contribution in [0.25, 0.3) is 21.9 Å². The topological polar surface area (TPSA) is 46.0 Å². The van der Waals surface area contributed by atoms with E-state index in [9.17, 15) is 8.78 Å². The second-order valence-corrected chi connectivity index (χ2v) is 7.00. The van der Waals surface area contributed by atoms with Crippen LogP contribution < -0.4 is 5.32 Å². The lowest BCUT2D eigenvalue weighted by molar-refractivity contribution is -0.00503. The van der Waals surface area contributed by atoms with E-state index >= 15 is 0 Å². The Bertz CT molecular complexity index is 991. The van der Waals surface area contributed by atoms with E-state index in [2.05, 4.69) is 28.0 Å². The van der Waals surface area contributed by atoms with E-state index in [-0.39, 0.29) is 25.3 Å². The van der Waals surface area contributed by atoms with Crippen LogP contribution in [0, 0.1) is 0 Å². The van der Waals surface area contributed by atoms with Gasteiger partial charge in [-0.15, -0.1) is 0 Å². The highest BCUT2D eigenvalue weighted by Crippen LogP contribution is 2.33. The third kappa shape index (κ3) is 3.42. The van der Waals surface area contributed by atoms with Crippen LogP contribution >= 0.6 is 0 Å². The van der Waals surface area contributed by atoms with Crippen molar-refractivity contribution >= 4 is 16.6 Å². The van der Waals surface area contributed by atoms with Gasteiger partial charge in [0.15, 0.2) is 5.67 Å². The van der Waals surface area contributed by atoms with E-state index in [1.54, 1.807) is 15.8 Å². The van der Waals surface area contributed by atoms with Crippen molar-refractivity contribution in [3.05, 3.63) is 55.1 Å². The molecule has 5 nitrogen and oxygen atoms in total. The van der Waals surface area contributed by atoms with Crippen LogP contribution in [0.2, 0.25) is 0 Å². The number of hydrogen-bond donors (Lipinski definition) is 1. The van der Waals surface area contributed by atoms with Gasteiger partial charge in [0, 0.05) is 55.7 Å². The van der Waals surface area contributed by atoms with Gasteiger partial charge in [-0.05, 0) is 23.1 Å². The standard InChI is InChI=1S/C20H21F2N5/c1-14(20(22)12-27(13-20)6-5-21)25-19-8-17-7-15(3-4-16(17)9-23-19)18-10-24-26(2)11-18/h3-4,7-11H,1,5-6,12-13H2,2H3,(H,23,25). The minimum atomic E-state index is -1.55. The van der Waals surface area contributed by atoms with E-state index < -0.39 is 12.3 Å². The number of fused-ring (bicyclic) bond motifs is 1. The van der Waals surface area contributed by atoms with Crippen LogP contribution in [0.3, 0.4) is 0 Å². The summed E-state index contributed by atoms with van der Waals surface area (Å²) in [4.78, 5) is 6.08. The summed E-state index contributed by atoms with van der Waals surface area (Å²) in [6.07, 6.45) is 5.52. The highest BCUT2D eigenvalue weighted by molar-refractivity contribution is 5.88. The Morgan fingerprint density at radius 1 is 1.22 bits per heavy atom. The fourth-order valence-corrected chi connectivity index (χ4v) is 3.36. The lowest BCUT2D eigenvalue weighted by Gasteiger charge is -2.45. The first-order valence-corrected chi connectivity index (χ1v) is 8.79. The minimum Gasteiger partial charge on any atom is -0.341 e. The van der Waals surface area contributed by atoms with Crippen LogP contribution in [-0.4, -0.2) is 51.6 Å². The zero-order chi connectivity index (χ0) is 19.0. The van der Waals surface area contributed by atoms with Gasteiger partial charge < -0.3 is 5.32 Å². The molecule has 1 aliphatic heterocycles. The number of anilines is 1. The van der Waals surface area contributed by atoms with E-state index in [1.807, 2.05) is 37.6 Å². The minimum absolute atomic E-state index is 0.154. The molecular formula is C20H21F2N5. The molecular weight excluding hydrogens is 348 g/mol. The fourth-order valence-electron chi connectivity index (χ4n) is 3.36. The first-order valence-electron chi connectivity index (χ1n) is 8.79. The maximum atomic E-state index is 14.8. The molecule has 0 amide bonds.